The van der Waals surface area contributed by atoms with E-state index in [9.17, 15) is 18.3 Å². The van der Waals surface area contributed by atoms with Crippen LogP contribution in [0.2, 0.25) is 0 Å². The maximum Gasteiger partial charge on any atom is 0.253 e. The molecule has 24 heavy (non-hydrogen) atoms. The number of likely N-dealkylation sites (tertiary alicyclic amines) is 1. The van der Waals surface area contributed by atoms with Gasteiger partial charge in [-0.05, 0) is 37.5 Å². The third-order valence-electron chi connectivity index (χ3n) is 4.63. The zero-order valence-corrected chi connectivity index (χ0v) is 15.0. The van der Waals surface area contributed by atoms with E-state index in [0.29, 0.717) is 31.7 Å². The van der Waals surface area contributed by atoms with Crippen LogP contribution in [0.5, 0.6) is 0 Å². The summed E-state index contributed by atoms with van der Waals surface area (Å²) in [4.78, 5) is 14.6. The average Bonchev–Trinajstić information content (AvgIpc) is 2.59. The van der Waals surface area contributed by atoms with Gasteiger partial charge in [0.25, 0.3) is 5.91 Å². The summed E-state index contributed by atoms with van der Waals surface area (Å²) in [7, 11) is -1.74. The number of hydrogen-bond donors (Lipinski definition) is 1. The van der Waals surface area contributed by atoms with E-state index < -0.39 is 9.84 Å². The summed E-state index contributed by atoms with van der Waals surface area (Å²) in [6.07, 6.45) is 3.47. The lowest BCUT2D eigenvalue weighted by Crippen LogP contribution is -2.48. The van der Waals surface area contributed by atoms with Gasteiger partial charge < -0.3 is 14.7 Å². The zero-order valence-electron chi connectivity index (χ0n) is 14.2. The highest BCUT2D eigenvalue weighted by molar-refractivity contribution is 7.90. The molecule has 1 amide bonds. The second-order valence-electron chi connectivity index (χ2n) is 6.53. The third-order valence-corrected chi connectivity index (χ3v) is 5.74. The largest absolute Gasteiger partial charge is 0.396 e. The topological polar surface area (TPSA) is 83.9 Å². The van der Waals surface area contributed by atoms with Crippen molar-refractivity contribution in [2.75, 3.05) is 39.7 Å². The van der Waals surface area contributed by atoms with Gasteiger partial charge in [0, 0.05) is 44.0 Å². The number of sulfone groups is 1. The molecule has 0 unspecified atom stereocenters. The van der Waals surface area contributed by atoms with Crippen LogP contribution in [-0.4, -0.2) is 64.0 Å². The van der Waals surface area contributed by atoms with Crippen molar-refractivity contribution in [3.05, 3.63) is 29.8 Å². The lowest BCUT2D eigenvalue weighted by molar-refractivity contribution is 0.00897. The van der Waals surface area contributed by atoms with E-state index in [1.807, 2.05) is 0 Å². The Morgan fingerprint density at radius 3 is 2.79 bits per heavy atom. The Balaban J connectivity index is 2.20. The first kappa shape index (κ1) is 18.9. The number of carbonyl (C=O) groups excluding carboxylic acids is 1. The predicted octanol–water partition coefficient (Wildman–Crippen LogP) is 1.34. The van der Waals surface area contributed by atoms with E-state index in [2.05, 4.69) is 0 Å². The molecule has 1 aliphatic heterocycles. The van der Waals surface area contributed by atoms with Gasteiger partial charge in [-0.15, -0.1) is 0 Å². The molecule has 0 bridgehead atoms. The van der Waals surface area contributed by atoms with Crippen LogP contribution in [0.15, 0.2) is 29.2 Å². The molecule has 1 atom stereocenters. The minimum absolute atomic E-state index is 0.00349. The smallest absolute Gasteiger partial charge is 0.253 e. The van der Waals surface area contributed by atoms with E-state index in [1.54, 1.807) is 24.1 Å². The van der Waals surface area contributed by atoms with Crippen LogP contribution < -0.4 is 0 Å². The number of nitrogens with zero attached hydrogens (tertiary/aromatic N) is 1. The van der Waals surface area contributed by atoms with Crippen LogP contribution in [0, 0.1) is 5.41 Å². The molecule has 1 fully saturated rings. The van der Waals surface area contributed by atoms with Gasteiger partial charge in [-0.3, -0.25) is 4.79 Å². The molecule has 1 aromatic rings. The van der Waals surface area contributed by atoms with Crippen molar-refractivity contribution in [2.45, 2.75) is 24.2 Å². The molecule has 0 aromatic heterocycles. The van der Waals surface area contributed by atoms with Crippen LogP contribution in [0.4, 0.5) is 0 Å². The molecule has 1 aromatic carbocycles. The van der Waals surface area contributed by atoms with Gasteiger partial charge in [0.05, 0.1) is 11.5 Å². The fourth-order valence-corrected chi connectivity index (χ4v) is 3.82. The Labute approximate surface area is 143 Å². The molecule has 6 nitrogen and oxygen atoms in total. The molecule has 1 aliphatic rings. The predicted molar refractivity (Wildman–Crippen MR) is 90.7 cm³/mol. The van der Waals surface area contributed by atoms with E-state index in [1.165, 1.54) is 12.1 Å². The van der Waals surface area contributed by atoms with Crippen LogP contribution in [0.3, 0.4) is 0 Å². The lowest BCUT2D eigenvalue weighted by Gasteiger charge is -2.42. The van der Waals surface area contributed by atoms with Gasteiger partial charge in [0.2, 0.25) is 0 Å². The van der Waals surface area contributed by atoms with Crippen molar-refractivity contribution in [3.8, 4) is 0 Å². The summed E-state index contributed by atoms with van der Waals surface area (Å²) in [6, 6.07) is 6.11. The minimum Gasteiger partial charge on any atom is -0.396 e. The number of carbonyl (C=O) groups is 1. The lowest BCUT2D eigenvalue weighted by atomic mass is 9.78. The summed E-state index contributed by atoms with van der Waals surface area (Å²) >= 11 is 0. The Morgan fingerprint density at radius 1 is 1.42 bits per heavy atom. The van der Waals surface area contributed by atoms with Crippen LogP contribution in [-0.2, 0) is 14.6 Å². The number of aliphatic hydroxyl groups is 1. The average molecular weight is 355 g/mol. The molecule has 134 valence electrons. The first-order valence-corrected chi connectivity index (χ1v) is 9.90. The van der Waals surface area contributed by atoms with E-state index >= 15 is 0 Å². The molecule has 0 radical (unpaired) electrons. The van der Waals surface area contributed by atoms with Gasteiger partial charge >= 0.3 is 0 Å². The maximum absolute atomic E-state index is 12.8. The van der Waals surface area contributed by atoms with E-state index in [4.69, 9.17) is 4.74 Å². The molecule has 2 rings (SSSR count). The van der Waals surface area contributed by atoms with Crippen molar-refractivity contribution in [2.24, 2.45) is 5.41 Å². The SMILES string of the molecule is COCC[C@]1(CO)CCCN(C(=O)c2cccc(S(C)(=O)=O)c2)C1. The summed E-state index contributed by atoms with van der Waals surface area (Å²) in [5.41, 5.74) is 0.0108. The second kappa shape index (κ2) is 7.63. The molecule has 0 spiro atoms. The Bertz CT molecular complexity index is 688. The van der Waals surface area contributed by atoms with Crippen LogP contribution in [0.1, 0.15) is 29.6 Å². The number of aliphatic hydroxyl groups excluding tert-OH is 1. The van der Waals surface area contributed by atoms with Crippen molar-refractivity contribution < 1.29 is 23.1 Å². The third kappa shape index (κ3) is 4.34. The Kier molecular flexibility index (Phi) is 6.01. The standard InChI is InChI=1S/C17H25NO5S/c1-23-10-8-17(13-19)7-4-9-18(12-17)16(20)14-5-3-6-15(11-14)24(2,21)22/h3,5-6,11,19H,4,7-10,12-13H2,1-2H3/t17-/m1/s1. The summed E-state index contributed by atoms with van der Waals surface area (Å²) in [5.74, 6) is -0.199. The van der Waals surface area contributed by atoms with E-state index in [-0.39, 0.29) is 22.8 Å². The normalized spacial score (nSPS) is 21.7. The fourth-order valence-electron chi connectivity index (χ4n) is 3.15. The fraction of sp³-hybridized carbons (Fsp3) is 0.588. The van der Waals surface area contributed by atoms with Crippen molar-refractivity contribution >= 4 is 15.7 Å². The highest BCUT2D eigenvalue weighted by atomic mass is 32.2. The van der Waals surface area contributed by atoms with Crippen molar-refractivity contribution in [3.63, 3.8) is 0 Å². The molecular formula is C17H25NO5S. The summed E-state index contributed by atoms with van der Waals surface area (Å²) < 4.78 is 28.5. The molecule has 0 saturated carbocycles. The maximum atomic E-state index is 12.8. The van der Waals surface area contributed by atoms with Gasteiger partial charge in [-0.2, -0.15) is 0 Å². The monoisotopic (exact) mass is 355 g/mol. The molecule has 1 N–H and O–H groups in total. The van der Waals surface area contributed by atoms with E-state index in [0.717, 1.165) is 19.1 Å². The quantitative estimate of drug-likeness (QED) is 0.832. The second-order valence-corrected chi connectivity index (χ2v) is 8.55. The molecule has 1 heterocycles. The highest BCUT2D eigenvalue weighted by Crippen LogP contribution is 2.33. The number of piperidine rings is 1. The number of hydrogen-bond acceptors (Lipinski definition) is 5. The molecular weight excluding hydrogens is 330 g/mol. The summed E-state index contributed by atoms with van der Waals surface area (Å²) in [6.45, 7) is 1.60. The minimum atomic E-state index is -3.36. The van der Waals surface area contributed by atoms with Gasteiger partial charge in [-0.25, -0.2) is 8.42 Å². The number of amides is 1. The number of rotatable bonds is 6. The molecule has 0 aliphatic carbocycles. The van der Waals surface area contributed by atoms with Crippen LogP contribution >= 0.6 is 0 Å². The van der Waals surface area contributed by atoms with Gasteiger partial charge in [0.15, 0.2) is 9.84 Å². The Morgan fingerprint density at radius 2 is 2.17 bits per heavy atom. The molecule has 1 saturated heterocycles. The van der Waals surface area contributed by atoms with Crippen molar-refractivity contribution in [1.29, 1.82) is 0 Å². The summed E-state index contributed by atoms with van der Waals surface area (Å²) in [5, 5.41) is 9.82. The van der Waals surface area contributed by atoms with Gasteiger partial charge in [0.1, 0.15) is 0 Å². The van der Waals surface area contributed by atoms with Crippen LogP contribution in [0.25, 0.3) is 0 Å². The number of benzene rings is 1. The van der Waals surface area contributed by atoms with Crippen molar-refractivity contribution in [1.82, 2.24) is 4.90 Å². The first-order valence-electron chi connectivity index (χ1n) is 8.00. The number of methoxy groups -OCH3 is 1. The first-order chi connectivity index (χ1) is 11.3. The zero-order chi connectivity index (χ0) is 17.8. The molecule has 7 heteroatoms. The number of ether oxygens (including phenoxy) is 1. The highest BCUT2D eigenvalue weighted by Gasteiger charge is 2.36. The Hall–Kier alpha value is -1.44. The van der Waals surface area contributed by atoms with Gasteiger partial charge in [-0.1, -0.05) is 6.07 Å².